The van der Waals surface area contributed by atoms with E-state index in [1.807, 2.05) is 0 Å². The first kappa shape index (κ1) is 14.9. The van der Waals surface area contributed by atoms with Crippen molar-refractivity contribution in [2.45, 2.75) is 6.10 Å². The summed E-state index contributed by atoms with van der Waals surface area (Å²) in [5, 5.41) is 20.3. The Kier molecular flexibility index (Phi) is 4.78. The number of aromatic nitrogens is 2. The minimum absolute atomic E-state index is 0.0914. The van der Waals surface area contributed by atoms with Crippen LogP contribution in [0.25, 0.3) is 0 Å². The number of aliphatic hydroxyl groups excluding tert-OH is 1. The van der Waals surface area contributed by atoms with Gasteiger partial charge in [-0.25, -0.2) is 9.18 Å². The number of aliphatic hydroxyl groups is 1. The molecule has 0 unspecified atom stereocenters. The van der Waals surface area contributed by atoms with Crippen LogP contribution in [0, 0.1) is 5.82 Å². The summed E-state index contributed by atoms with van der Waals surface area (Å²) in [7, 11) is 1.26. The summed E-state index contributed by atoms with van der Waals surface area (Å²) >= 11 is 0. The van der Waals surface area contributed by atoms with E-state index in [-0.39, 0.29) is 12.2 Å². The van der Waals surface area contributed by atoms with Gasteiger partial charge in [0.15, 0.2) is 5.69 Å². The van der Waals surface area contributed by atoms with Gasteiger partial charge in [-0.3, -0.25) is 0 Å². The molecule has 2 rings (SSSR count). The topological polar surface area (TPSA) is 84.3 Å². The molecule has 1 aromatic carbocycles. The number of nitrogens with zero attached hydrogens (tertiary/aromatic N) is 2. The summed E-state index contributed by atoms with van der Waals surface area (Å²) in [6.07, 6.45) is -0.886. The van der Waals surface area contributed by atoms with Crippen LogP contribution in [0.1, 0.15) is 22.2 Å². The van der Waals surface area contributed by atoms with Gasteiger partial charge in [-0.1, -0.05) is 12.1 Å². The molecule has 0 spiro atoms. The first-order chi connectivity index (χ1) is 10.1. The number of rotatable bonds is 5. The minimum Gasteiger partial charge on any atom is -0.464 e. The van der Waals surface area contributed by atoms with E-state index in [0.29, 0.717) is 11.4 Å². The van der Waals surface area contributed by atoms with Crippen molar-refractivity contribution >= 4 is 11.8 Å². The summed E-state index contributed by atoms with van der Waals surface area (Å²) in [4.78, 5) is 11.2. The first-order valence-electron chi connectivity index (χ1n) is 6.19. The fourth-order valence-corrected chi connectivity index (χ4v) is 1.67. The Morgan fingerprint density at radius 3 is 2.81 bits per heavy atom. The zero-order valence-electron chi connectivity index (χ0n) is 11.3. The van der Waals surface area contributed by atoms with E-state index in [1.54, 1.807) is 6.07 Å². The van der Waals surface area contributed by atoms with Crippen molar-refractivity contribution in [2.24, 2.45) is 0 Å². The summed E-state index contributed by atoms with van der Waals surface area (Å²) in [6.45, 7) is 0.135. The van der Waals surface area contributed by atoms with Crippen molar-refractivity contribution in [3.8, 4) is 0 Å². The molecule has 0 radical (unpaired) electrons. The Balaban J connectivity index is 1.95. The number of halogens is 1. The molecule has 2 aromatic rings. The highest BCUT2D eigenvalue weighted by Gasteiger charge is 2.10. The van der Waals surface area contributed by atoms with E-state index >= 15 is 0 Å². The summed E-state index contributed by atoms with van der Waals surface area (Å²) in [5.74, 6) is -0.597. The average Bonchev–Trinajstić information content (AvgIpc) is 2.52. The van der Waals surface area contributed by atoms with E-state index in [4.69, 9.17) is 0 Å². The standard InChI is InChI=1S/C14H14FN3O3/c1-21-14(20)11-5-6-13(18-17-11)16-8-12(19)9-3-2-4-10(15)7-9/h2-7,12,19H,8H2,1H3,(H,16,18)/t12-/m0/s1. The summed E-state index contributed by atoms with van der Waals surface area (Å²) in [5.41, 5.74) is 0.551. The van der Waals surface area contributed by atoms with Gasteiger partial charge in [0.2, 0.25) is 0 Å². The average molecular weight is 291 g/mol. The van der Waals surface area contributed by atoms with Gasteiger partial charge in [0.25, 0.3) is 0 Å². The van der Waals surface area contributed by atoms with Crippen molar-refractivity contribution in [1.29, 1.82) is 0 Å². The maximum Gasteiger partial charge on any atom is 0.358 e. The molecule has 0 amide bonds. The Morgan fingerprint density at radius 1 is 1.38 bits per heavy atom. The van der Waals surface area contributed by atoms with Gasteiger partial charge in [0.05, 0.1) is 13.2 Å². The van der Waals surface area contributed by atoms with Crippen LogP contribution in [0.3, 0.4) is 0 Å². The third-order valence-electron chi connectivity index (χ3n) is 2.77. The third-order valence-corrected chi connectivity index (χ3v) is 2.77. The molecule has 1 heterocycles. The smallest absolute Gasteiger partial charge is 0.358 e. The number of benzene rings is 1. The molecule has 0 saturated heterocycles. The predicted octanol–water partition coefficient (Wildman–Crippen LogP) is 1.55. The lowest BCUT2D eigenvalue weighted by molar-refractivity contribution is 0.0592. The molecule has 0 saturated carbocycles. The van der Waals surface area contributed by atoms with Crippen LogP contribution in [-0.2, 0) is 4.74 Å². The zero-order chi connectivity index (χ0) is 15.2. The molecule has 0 fully saturated rings. The van der Waals surface area contributed by atoms with Crippen molar-refractivity contribution in [2.75, 3.05) is 19.0 Å². The van der Waals surface area contributed by atoms with Crippen LogP contribution in [0.2, 0.25) is 0 Å². The fraction of sp³-hybridized carbons (Fsp3) is 0.214. The minimum atomic E-state index is -0.886. The zero-order valence-corrected chi connectivity index (χ0v) is 11.3. The Labute approximate surface area is 120 Å². The third kappa shape index (κ3) is 3.96. The van der Waals surface area contributed by atoms with Gasteiger partial charge in [0, 0.05) is 6.54 Å². The maximum absolute atomic E-state index is 13.0. The lowest BCUT2D eigenvalue weighted by Crippen LogP contribution is -2.14. The van der Waals surface area contributed by atoms with Crippen LogP contribution in [0.4, 0.5) is 10.2 Å². The highest BCUT2D eigenvalue weighted by atomic mass is 19.1. The molecule has 2 N–H and O–H groups in total. The molecule has 0 aliphatic heterocycles. The number of carbonyl (C=O) groups is 1. The van der Waals surface area contributed by atoms with Crippen molar-refractivity contribution in [1.82, 2.24) is 10.2 Å². The number of esters is 1. The Morgan fingerprint density at radius 2 is 2.19 bits per heavy atom. The maximum atomic E-state index is 13.0. The lowest BCUT2D eigenvalue weighted by Gasteiger charge is -2.12. The molecule has 0 aliphatic carbocycles. The number of nitrogens with one attached hydrogen (secondary N) is 1. The summed E-state index contributed by atoms with van der Waals surface area (Å²) < 4.78 is 17.6. The molecule has 1 aromatic heterocycles. The summed E-state index contributed by atoms with van der Waals surface area (Å²) in [6, 6.07) is 8.71. The molecule has 0 bridgehead atoms. The second kappa shape index (κ2) is 6.76. The lowest BCUT2D eigenvalue weighted by atomic mass is 10.1. The van der Waals surface area contributed by atoms with E-state index in [2.05, 4.69) is 20.3 Å². The number of carbonyl (C=O) groups excluding carboxylic acids is 1. The second-order valence-electron chi connectivity index (χ2n) is 4.25. The second-order valence-corrected chi connectivity index (χ2v) is 4.25. The Bertz CT molecular complexity index is 619. The molecule has 110 valence electrons. The molecule has 0 aliphatic rings. The van der Waals surface area contributed by atoms with Crippen LogP contribution in [0.15, 0.2) is 36.4 Å². The van der Waals surface area contributed by atoms with E-state index in [1.165, 1.54) is 37.4 Å². The van der Waals surface area contributed by atoms with Gasteiger partial charge in [-0.15, -0.1) is 10.2 Å². The predicted molar refractivity (Wildman–Crippen MR) is 73.2 cm³/mol. The molecule has 6 nitrogen and oxygen atoms in total. The van der Waals surface area contributed by atoms with E-state index in [0.717, 1.165) is 0 Å². The van der Waals surface area contributed by atoms with Gasteiger partial charge in [0.1, 0.15) is 11.6 Å². The van der Waals surface area contributed by atoms with Crippen LogP contribution in [0.5, 0.6) is 0 Å². The SMILES string of the molecule is COC(=O)c1ccc(NC[C@H](O)c2cccc(F)c2)nn1. The van der Waals surface area contributed by atoms with E-state index in [9.17, 15) is 14.3 Å². The fourth-order valence-electron chi connectivity index (χ4n) is 1.67. The van der Waals surface area contributed by atoms with Gasteiger partial charge in [-0.2, -0.15) is 0 Å². The number of hydrogen-bond acceptors (Lipinski definition) is 6. The highest BCUT2D eigenvalue weighted by molar-refractivity contribution is 5.86. The van der Waals surface area contributed by atoms with Crippen molar-refractivity contribution < 1.29 is 19.0 Å². The largest absolute Gasteiger partial charge is 0.464 e. The van der Waals surface area contributed by atoms with Crippen LogP contribution >= 0.6 is 0 Å². The van der Waals surface area contributed by atoms with Crippen LogP contribution < -0.4 is 5.32 Å². The van der Waals surface area contributed by atoms with Crippen molar-refractivity contribution in [3.63, 3.8) is 0 Å². The Hall–Kier alpha value is -2.54. The molecule has 21 heavy (non-hydrogen) atoms. The molecule has 7 heteroatoms. The van der Waals surface area contributed by atoms with Gasteiger partial charge < -0.3 is 15.2 Å². The number of hydrogen-bond donors (Lipinski definition) is 2. The number of ether oxygens (including phenoxy) is 1. The first-order valence-corrected chi connectivity index (χ1v) is 6.19. The highest BCUT2D eigenvalue weighted by Crippen LogP contribution is 2.14. The number of methoxy groups -OCH3 is 1. The number of anilines is 1. The van der Waals surface area contributed by atoms with E-state index < -0.39 is 17.9 Å². The monoisotopic (exact) mass is 291 g/mol. The molecular formula is C14H14FN3O3. The molecule has 1 atom stereocenters. The van der Waals surface area contributed by atoms with Crippen LogP contribution in [-0.4, -0.2) is 34.9 Å². The normalized spacial score (nSPS) is 11.8. The van der Waals surface area contributed by atoms with Gasteiger partial charge >= 0.3 is 5.97 Å². The van der Waals surface area contributed by atoms with Gasteiger partial charge in [-0.05, 0) is 29.8 Å². The molecular weight excluding hydrogens is 277 g/mol. The quantitative estimate of drug-likeness (QED) is 0.813. The van der Waals surface area contributed by atoms with Crippen molar-refractivity contribution in [3.05, 3.63) is 53.5 Å².